The quantitative estimate of drug-likeness (QED) is 0.152. The Kier molecular flexibility index (Phi) is 7.56. The molecule has 0 aliphatic heterocycles. The van der Waals surface area contributed by atoms with Crippen LogP contribution >= 0.6 is 0 Å². The average molecular weight is 746 g/mol. The molecule has 3 heteroatoms. The summed E-state index contributed by atoms with van der Waals surface area (Å²) in [6, 6.07) is 65.4. The lowest BCUT2D eigenvalue weighted by Gasteiger charge is -2.26. The SMILES string of the molecule is C1=CC2CC1CC2c1ccc(-c2ccc(N(c3ccc(-c4cccc5c4oc4ccccc45)cc3)c3ccc(-c4cccc5c4oc4ccccc45)cc3)cc2)cc1. The molecule has 0 radical (unpaired) electrons. The van der Waals surface area contributed by atoms with Gasteiger partial charge in [0.2, 0.25) is 0 Å². The summed E-state index contributed by atoms with van der Waals surface area (Å²) in [5.41, 5.74) is 15.2. The van der Waals surface area contributed by atoms with Gasteiger partial charge < -0.3 is 13.7 Å². The first-order valence-corrected chi connectivity index (χ1v) is 20.4. The standard InChI is InChI=1S/C55H39NO2/c1-3-13-52-47(7-1)49-11-5-9-45(54(49)57-52)38-23-29-43(30-24-38)56(42-27-21-37(22-28-42)36-17-19-40(20-18-36)51-34-35-15-16-41(51)33-35)44-31-25-39(26-32-44)46-10-6-12-50-48-8-2-4-14-53(48)58-55(46)50/h1-32,35,41,51H,33-34H2. The third-order valence-corrected chi connectivity index (χ3v) is 12.8. The number of fused-ring (bicyclic) bond motifs is 8. The molecule has 2 aliphatic rings. The van der Waals surface area contributed by atoms with Gasteiger partial charge in [-0.1, -0.05) is 146 Å². The molecule has 2 aromatic heterocycles. The second-order valence-corrected chi connectivity index (χ2v) is 16.0. The highest BCUT2D eigenvalue weighted by Crippen LogP contribution is 2.49. The molecule has 276 valence electrons. The van der Waals surface area contributed by atoms with Crippen molar-refractivity contribution in [3.63, 3.8) is 0 Å². The fourth-order valence-corrected chi connectivity index (χ4v) is 9.87. The number of furan rings is 2. The zero-order valence-corrected chi connectivity index (χ0v) is 31.9. The maximum atomic E-state index is 6.42. The Morgan fingerprint density at radius 2 is 0.828 bits per heavy atom. The van der Waals surface area contributed by atoms with Crippen LogP contribution in [0.1, 0.15) is 24.3 Å². The molecule has 3 unspecified atom stereocenters. The lowest BCUT2D eigenvalue weighted by molar-refractivity contribution is 0.586. The minimum atomic E-state index is 0.663. The molecule has 2 heterocycles. The molecule has 8 aromatic carbocycles. The van der Waals surface area contributed by atoms with Crippen molar-refractivity contribution in [2.45, 2.75) is 18.8 Å². The van der Waals surface area contributed by atoms with Gasteiger partial charge in [-0.2, -0.15) is 0 Å². The number of hydrogen-bond donors (Lipinski definition) is 0. The van der Waals surface area contributed by atoms with Gasteiger partial charge in [0.25, 0.3) is 0 Å². The van der Waals surface area contributed by atoms with E-state index in [0.717, 1.165) is 89.1 Å². The highest BCUT2D eigenvalue weighted by atomic mass is 16.3. The summed E-state index contributed by atoms with van der Waals surface area (Å²) >= 11 is 0. The lowest BCUT2D eigenvalue weighted by atomic mass is 9.86. The van der Waals surface area contributed by atoms with Crippen molar-refractivity contribution >= 4 is 60.9 Å². The first kappa shape index (κ1) is 33.1. The number of anilines is 3. The summed E-state index contributed by atoms with van der Waals surface area (Å²) in [4.78, 5) is 2.34. The van der Waals surface area contributed by atoms with Crippen LogP contribution in [0, 0.1) is 11.8 Å². The summed E-state index contributed by atoms with van der Waals surface area (Å²) < 4.78 is 12.8. The summed E-state index contributed by atoms with van der Waals surface area (Å²) in [6.07, 6.45) is 7.48. The zero-order valence-electron chi connectivity index (χ0n) is 31.9. The fraction of sp³-hybridized carbons (Fsp3) is 0.0909. The monoisotopic (exact) mass is 745 g/mol. The van der Waals surface area contributed by atoms with Gasteiger partial charge in [-0.25, -0.2) is 0 Å². The van der Waals surface area contributed by atoms with Crippen LogP contribution in [0.4, 0.5) is 17.1 Å². The number of para-hydroxylation sites is 4. The van der Waals surface area contributed by atoms with E-state index in [1.807, 2.05) is 24.3 Å². The van der Waals surface area contributed by atoms with E-state index in [1.54, 1.807) is 0 Å². The van der Waals surface area contributed by atoms with Crippen LogP contribution in [0.3, 0.4) is 0 Å². The molecule has 3 atom stereocenters. The Labute approximate surface area is 337 Å². The van der Waals surface area contributed by atoms with E-state index in [9.17, 15) is 0 Å². The second kappa shape index (κ2) is 13.2. The molecule has 1 saturated carbocycles. The molecular weight excluding hydrogens is 707 g/mol. The lowest BCUT2D eigenvalue weighted by Crippen LogP contribution is -2.09. The minimum Gasteiger partial charge on any atom is -0.455 e. The average Bonchev–Trinajstić information content (AvgIpc) is 4.10. The molecule has 2 bridgehead atoms. The van der Waals surface area contributed by atoms with E-state index >= 15 is 0 Å². The van der Waals surface area contributed by atoms with E-state index < -0.39 is 0 Å². The smallest absolute Gasteiger partial charge is 0.143 e. The van der Waals surface area contributed by atoms with Crippen LogP contribution in [0.5, 0.6) is 0 Å². The van der Waals surface area contributed by atoms with E-state index in [0.29, 0.717) is 11.8 Å². The predicted molar refractivity (Wildman–Crippen MR) is 240 cm³/mol. The first-order valence-electron chi connectivity index (χ1n) is 20.4. The van der Waals surface area contributed by atoms with Gasteiger partial charge in [0, 0.05) is 49.7 Å². The van der Waals surface area contributed by atoms with Crippen molar-refractivity contribution in [2.24, 2.45) is 11.8 Å². The normalized spacial score (nSPS) is 17.3. The maximum Gasteiger partial charge on any atom is 0.143 e. The van der Waals surface area contributed by atoms with Crippen LogP contribution in [0.25, 0.3) is 77.3 Å². The predicted octanol–water partition coefficient (Wildman–Crippen LogP) is 15.6. The van der Waals surface area contributed by atoms with Crippen LogP contribution in [-0.4, -0.2) is 0 Å². The van der Waals surface area contributed by atoms with Crippen molar-refractivity contribution in [3.8, 4) is 33.4 Å². The molecule has 0 N–H and O–H groups in total. The second-order valence-electron chi connectivity index (χ2n) is 16.0. The van der Waals surface area contributed by atoms with E-state index in [1.165, 1.54) is 29.5 Å². The topological polar surface area (TPSA) is 29.5 Å². The molecule has 10 aromatic rings. The molecule has 58 heavy (non-hydrogen) atoms. The van der Waals surface area contributed by atoms with Crippen LogP contribution in [0.2, 0.25) is 0 Å². The fourth-order valence-electron chi connectivity index (χ4n) is 9.87. The number of allylic oxidation sites excluding steroid dienone is 2. The largest absolute Gasteiger partial charge is 0.455 e. The molecule has 3 nitrogen and oxygen atoms in total. The van der Waals surface area contributed by atoms with Crippen LogP contribution in [0.15, 0.2) is 203 Å². The maximum absolute atomic E-state index is 6.42. The van der Waals surface area contributed by atoms with Gasteiger partial charge in [0.1, 0.15) is 22.3 Å². The summed E-state index contributed by atoms with van der Waals surface area (Å²) in [6.45, 7) is 0. The Bertz CT molecular complexity index is 3010. The van der Waals surface area contributed by atoms with Crippen molar-refractivity contribution in [1.29, 1.82) is 0 Å². The summed E-state index contributed by atoms with van der Waals surface area (Å²) in [5, 5.41) is 4.54. The molecule has 0 amide bonds. The molecule has 0 spiro atoms. The van der Waals surface area contributed by atoms with Crippen molar-refractivity contribution in [3.05, 3.63) is 200 Å². The molecule has 12 rings (SSSR count). The first-order chi connectivity index (χ1) is 28.7. The van der Waals surface area contributed by atoms with E-state index in [2.05, 4.69) is 175 Å². The van der Waals surface area contributed by atoms with Gasteiger partial charge in [-0.05, 0) is 107 Å². The Morgan fingerprint density at radius 3 is 1.29 bits per heavy atom. The Balaban J connectivity index is 0.909. The number of hydrogen-bond acceptors (Lipinski definition) is 3. The van der Waals surface area contributed by atoms with Crippen molar-refractivity contribution in [1.82, 2.24) is 0 Å². The van der Waals surface area contributed by atoms with Crippen LogP contribution in [-0.2, 0) is 0 Å². The molecule has 1 fully saturated rings. The van der Waals surface area contributed by atoms with Gasteiger partial charge in [0.15, 0.2) is 0 Å². The highest BCUT2D eigenvalue weighted by molar-refractivity contribution is 6.10. The Hall–Kier alpha value is -7.10. The van der Waals surface area contributed by atoms with Gasteiger partial charge in [-0.3, -0.25) is 0 Å². The van der Waals surface area contributed by atoms with Gasteiger partial charge in [-0.15, -0.1) is 0 Å². The summed E-state index contributed by atoms with van der Waals surface area (Å²) in [7, 11) is 0. The highest BCUT2D eigenvalue weighted by Gasteiger charge is 2.36. The number of benzene rings is 8. The van der Waals surface area contributed by atoms with Crippen molar-refractivity contribution < 1.29 is 8.83 Å². The zero-order chi connectivity index (χ0) is 38.2. The van der Waals surface area contributed by atoms with Gasteiger partial charge >= 0.3 is 0 Å². The Morgan fingerprint density at radius 1 is 0.379 bits per heavy atom. The number of rotatable bonds is 7. The van der Waals surface area contributed by atoms with E-state index in [4.69, 9.17) is 8.83 Å². The van der Waals surface area contributed by atoms with E-state index in [-0.39, 0.29) is 0 Å². The van der Waals surface area contributed by atoms with Crippen molar-refractivity contribution in [2.75, 3.05) is 4.90 Å². The third-order valence-electron chi connectivity index (χ3n) is 12.8. The van der Waals surface area contributed by atoms with Gasteiger partial charge in [0.05, 0.1) is 0 Å². The molecular formula is C55H39NO2. The third kappa shape index (κ3) is 5.42. The number of nitrogens with zero attached hydrogens (tertiary/aromatic N) is 1. The molecule has 0 saturated heterocycles. The van der Waals surface area contributed by atoms with Crippen LogP contribution < -0.4 is 4.90 Å². The molecule has 2 aliphatic carbocycles. The summed E-state index contributed by atoms with van der Waals surface area (Å²) in [5.74, 6) is 2.15. The minimum absolute atomic E-state index is 0.663.